The van der Waals surface area contributed by atoms with Gasteiger partial charge in [0, 0.05) is 19.0 Å². The molecule has 2 aromatic carbocycles. The summed E-state index contributed by atoms with van der Waals surface area (Å²) in [5, 5.41) is 4.16. The maximum atomic E-state index is 12.5. The molecule has 0 saturated heterocycles. The molecule has 0 spiro atoms. The minimum atomic E-state index is -3.74. The van der Waals surface area contributed by atoms with E-state index in [9.17, 15) is 13.2 Å². The van der Waals surface area contributed by atoms with Crippen molar-refractivity contribution in [3.8, 4) is 5.75 Å². The van der Waals surface area contributed by atoms with Gasteiger partial charge >= 0.3 is 0 Å². The first-order valence-electron chi connectivity index (χ1n) is 8.48. The zero-order chi connectivity index (χ0) is 19.4. The van der Waals surface area contributed by atoms with Crippen molar-refractivity contribution in [2.75, 3.05) is 20.2 Å². The number of likely N-dealkylation sites (N-methyl/N-ethyl adjacent to an activating group) is 1. The summed E-state index contributed by atoms with van der Waals surface area (Å²) in [7, 11) is -2.37. The fourth-order valence-electron chi connectivity index (χ4n) is 2.68. The molecule has 3 rings (SSSR count). The van der Waals surface area contributed by atoms with Gasteiger partial charge < -0.3 is 4.74 Å². The van der Waals surface area contributed by atoms with Crippen LogP contribution in [0.25, 0.3) is 0 Å². The highest BCUT2D eigenvalue weighted by atomic mass is 32.2. The SMILES string of the molecule is Cc1ccc(S(=O)(=O)N(C)CC(=O)N/N=C2/CCOc3ccccc32)cc1. The number of nitrogens with zero attached hydrogens (tertiary/aromatic N) is 2. The predicted molar refractivity (Wildman–Crippen MR) is 102 cm³/mol. The molecule has 1 N–H and O–H groups in total. The number of hydrazone groups is 1. The highest BCUT2D eigenvalue weighted by molar-refractivity contribution is 7.89. The maximum absolute atomic E-state index is 12.5. The van der Waals surface area contributed by atoms with Gasteiger partial charge in [0.25, 0.3) is 5.91 Å². The molecule has 0 unspecified atom stereocenters. The molecule has 27 heavy (non-hydrogen) atoms. The number of rotatable bonds is 5. The van der Waals surface area contributed by atoms with E-state index in [1.807, 2.05) is 31.2 Å². The zero-order valence-corrected chi connectivity index (χ0v) is 16.0. The van der Waals surface area contributed by atoms with Gasteiger partial charge in [-0.15, -0.1) is 0 Å². The molecule has 1 heterocycles. The molecule has 142 valence electrons. The normalized spacial score (nSPS) is 15.3. The van der Waals surface area contributed by atoms with Gasteiger partial charge in [-0.3, -0.25) is 4.79 Å². The number of aryl methyl sites for hydroxylation is 1. The van der Waals surface area contributed by atoms with Crippen molar-refractivity contribution in [1.82, 2.24) is 9.73 Å². The molecule has 1 aliphatic rings. The molecule has 0 fully saturated rings. The van der Waals surface area contributed by atoms with Gasteiger partial charge in [-0.2, -0.15) is 9.41 Å². The Bertz CT molecular complexity index is 969. The Kier molecular flexibility index (Phi) is 5.57. The lowest BCUT2D eigenvalue weighted by atomic mass is 10.0. The summed E-state index contributed by atoms with van der Waals surface area (Å²) in [6, 6.07) is 13.9. The van der Waals surface area contributed by atoms with Crippen LogP contribution in [0.15, 0.2) is 58.5 Å². The van der Waals surface area contributed by atoms with E-state index >= 15 is 0 Å². The van der Waals surface area contributed by atoms with E-state index in [2.05, 4.69) is 10.5 Å². The van der Waals surface area contributed by atoms with E-state index in [4.69, 9.17) is 4.74 Å². The Labute approximate surface area is 158 Å². The van der Waals surface area contributed by atoms with Crippen molar-refractivity contribution >= 4 is 21.6 Å². The van der Waals surface area contributed by atoms with E-state index in [0.717, 1.165) is 21.2 Å². The maximum Gasteiger partial charge on any atom is 0.255 e. The van der Waals surface area contributed by atoms with Crippen LogP contribution in [0.2, 0.25) is 0 Å². The zero-order valence-electron chi connectivity index (χ0n) is 15.2. The average Bonchev–Trinajstić information content (AvgIpc) is 2.66. The molecule has 1 aliphatic heterocycles. The Morgan fingerprint density at radius 1 is 1.19 bits per heavy atom. The highest BCUT2D eigenvalue weighted by Crippen LogP contribution is 2.24. The van der Waals surface area contributed by atoms with Gasteiger partial charge in [-0.25, -0.2) is 13.8 Å². The van der Waals surface area contributed by atoms with Crippen LogP contribution < -0.4 is 10.2 Å². The predicted octanol–water partition coefficient (Wildman–Crippen LogP) is 1.92. The number of ether oxygens (including phenoxy) is 1. The number of sulfonamides is 1. The first kappa shape index (κ1) is 19.1. The summed E-state index contributed by atoms with van der Waals surface area (Å²) in [6.45, 7) is 2.03. The molecular formula is C19H21N3O4S. The molecule has 0 aromatic heterocycles. The minimum absolute atomic E-state index is 0.146. The number of carbonyl (C=O) groups is 1. The van der Waals surface area contributed by atoms with Crippen molar-refractivity contribution in [3.63, 3.8) is 0 Å². The smallest absolute Gasteiger partial charge is 0.255 e. The Morgan fingerprint density at radius 2 is 1.89 bits per heavy atom. The molecule has 0 bridgehead atoms. The number of amides is 1. The van der Waals surface area contributed by atoms with E-state index in [0.29, 0.717) is 18.7 Å². The third kappa shape index (κ3) is 4.35. The molecule has 0 atom stereocenters. The summed E-state index contributed by atoms with van der Waals surface area (Å²) in [5.74, 6) is 0.209. The van der Waals surface area contributed by atoms with E-state index in [1.165, 1.54) is 19.2 Å². The van der Waals surface area contributed by atoms with Gasteiger partial charge in [0.2, 0.25) is 10.0 Å². The van der Waals surface area contributed by atoms with Crippen LogP contribution in [0.5, 0.6) is 5.75 Å². The third-order valence-electron chi connectivity index (χ3n) is 4.21. The molecule has 8 heteroatoms. The van der Waals surface area contributed by atoms with Gasteiger partial charge in [0.1, 0.15) is 5.75 Å². The Hall–Kier alpha value is -2.71. The highest BCUT2D eigenvalue weighted by Gasteiger charge is 2.23. The summed E-state index contributed by atoms with van der Waals surface area (Å²) in [5.41, 5.74) is 4.93. The second-order valence-corrected chi connectivity index (χ2v) is 8.31. The first-order chi connectivity index (χ1) is 12.9. The number of carbonyl (C=O) groups excluding carboxylic acids is 1. The summed E-state index contributed by atoms with van der Waals surface area (Å²) >= 11 is 0. The second kappa shape index (κ2) is 7.89. The fraction of sp³-hybridized carbons (Fsp3) is 0.263. The molecule has 7 nitrogen and oxygen atoms in total. The summed E-state index contributed by atoms with van der Waals surface area (Å²) in [6.07, 6.45) is 0.564. The van der Waals surface area contributed by atoms with Crippen molar-refractivity contribution in [3.05, 3.63) is 59.7 Å². The summed E-state index contributed by atoms with van der Waals surface area (Å²) in [4.78, 5) is 12.3. The lowest BCUT2D eigenvalue weighted by molar-refractivity contribution is -0.121. The number of nitrogens with one attached hydrogen (secondary N) is 1. The van der Waals surface area contributed by atoms with E-state index < -0.39 is 15.9 Å². The first-order valence-corrected chi connectivity index (χ1v) is 9.92. The Morgan fingerprint density at radius 3 is 2.63 bits per heavy atom. The monoisotopic (exact) mass is 387 g/mol. The molecule has 0 radical (unpaired) electrons. The van der Waals surface area contributed by atoms with Gasteiger partial charge in [-0.1, -0.05) is 29.8 Å². The van der Waals surface area contributed by atoms with Crippen molar-refractivity contribution < 1.29 is 17.9 Å². The molecule has 0 aliphatic carbocycles. The van der Waals surface area contributed by atoms with Crippen LogP contribution in [0.3, 0.4) is 0 Å². The van der Waals surface area contributed by atoms with Crippen LogP contribution in [0.4, 0.5) is 0 Å². The number of para-hydroxylation sites is 1. The standard InChI is InChI=1S/C19H21N3O4S/c1-14-7-9-15(10-8-14)27(24,25)22(2)13-19(23)21-20-17-11-12-26-18-6-4-3-5-16(17)18/h3-10H,11-13H2,1-2H3,(H,21,23)/b20-17-. The fourth-order valence-corrected chi connectivity index (χ4v) is 3.81. The van der Waals surface area contributed by atoms with E-state index in [-0.39, 0.29) is 11.4 Å². The number of benzene rings is 2. The van der Waals surface area contributed by atoms with Crippen molar-refractivity contribution in [1.29, 1.82) is 0 Å². The molecule has 2 aromatic rings. The average molecular weight is 387 g/mol. The number of hydrogen-bond donors (Lipinski definition) is 1. The summed E-state index contributed by atoms with van der Waals surface area (Å²) < 4.78 is 31.6. The minimum Gasteiger partial charge on any atom is -0.492 e. The van der Waals surface area contributed by atoms with Crippen LogP contribution in [0.1, 0.15) is 17.5 Å². The topological polar surface area (TPSA) is 88.1 Å². The molecular weight excluding hydrogens is 366 g/mol. The number of fused-ring (bicyclic) bond motifs is 1. The van der Waals surface area contributed by atoms with Gasteiger partial charge in [-0.05, 0) is 31.2 Å². The van der Waals surface area contributed by atoms with Gasteiger partial charge in [0.15, 0.2) is 0 Å². The van der Waals surface area contributed by atoms with Crippen LogP contribution in [-0.2, 0) is 14.8 Å². The van der Waals surface area contributed by atoms with Crippen molar-refractivity contribution in [2.24, 2.45) is 5.10 Å². The third-order valence-corrected chi connectivity index (χ3v) is 6.02. The molecule has 0 saturated carbocycles. The quantitative estimate of drug-likeness (QED) is 0.794. The van der Waals surface area contributed by atoms with Crippen LogP contribution >= 0.6 is 0 Å². The number of hydrogen-bond acceptors (Lipinski definition) is 5. The lowest BCUT2D eigenvalue weighted by Crippen LogP contribution is -2.37. The lowest BCUT2D eigenvalue weighted by Gasteiger charge is -2.19. The van der Waals surface area contributed by atoms with Gasteiger partial charge in [0.05, 0.1) is 23.8 Å². The van der Waals surface area contributed by atoms with Crippen molar-refractivity contribution in [2.45, 2.75) is 18.2 Å². The van der Waals surface area contributed by atoms with E-state index in [1.54, 1.807) is 12.1 Å². The van der Waals surface area contributed by atoms with Crippen LogP contribution in [0, 0.1) is 6.92 Å². The van der Waals surface area contributed by atoms with Crippen LogP contribution in [-0.4, -0.2) is 44.5 Å². The second-order valence-electron chi connectivity index (χ2n) is 6.26. The Balaban J connectivity index is 1.67. The molecule has 1 amide bonds. The largest absolute Gasteiger partial charge is 0.492 e.